The number of carbonyl (C=O) groups is 1. The highest BCUT2D eigenvalue weighted by atomic mass is 16.5. The van der Waals surface area contributed by atoms with E-state index in [9.17, 15) is 4.79 Å². The topological polar surface area (TPSA) is 60.5 Å². The number of aryl methyl sites for hydroxylation is 1. The van der Waals surface area contributed by atoms with Crippen molar-refractivity contribution in [3.8, 4) is 11.5 Å². The molecule has 176 valence electrons. The zero-order chi connectivity index (χ0) is 24.0. The summed E-state index contributed by atoms with van der Waals surface area (Å²) < 4.78 is 10.6. The Morgan fingerprint density at radius 2 is 1.50 bits per heavy atom. The van der Waals surface area contributed by atoms with Crippen LogP contribution in [0.4, 0.5) is 0 Å². The number of benzene rings is 2. The summed E-state index contributed by atoms with van der Waals surface area (Å²) in [7, 11) is 3.30. The lowest BCUT2D eigenvalue weighted by Crippen LogP contribution is -2.22. The van der Waals surface area contributed by atoms with Crippen LogP contribution in [-0.2, 0) is 11.2 Å². The van der Waals surface area contributed by atoms with Gasteiger partial charge in [-0.05, 0) is 72.4 Å². The number of pyridine rings is 1. The van der Waals surface area contributed by atoms with E-state index in [0.29, 0.717) is 6.54 Å². The van der Waals surface area contributed by atoms with Crippen molar-refractivity contribution >= 4 is 11.5 Å². The number of unbranched alkanes of at least 4 members (excludes halogenated alkanes) is 2. The van der Waals surface area contributed by atoms with Crippen molar-refractivity contribution in [2.45, 2.75) is 25.7 Å². The Balaban J connectivity index is 1.55. The molecule has 0 bridgehead atoms. The number of allylic oxidation sites excluding steroid dienone is 2. The number of rotatable bonds is 12. The molecule has 5 heteroatoms. The molecule has 3 rings (SSSR count). The third kappa shape index (κ3) is 7.93. The van der Waals surface area contributed by atoms with Crippen LogP contribution in [0.3, 0.4) is 0 Å². The number of nitrogens with zero attached hydrogens (tertiary/aromatic N) is 1. The van der Waals surface area contributed by atoms with Gasteiger partial charge in [-0.1, -0.05) is 48.9 Å². The molecule has 0 aliphatic rings. The van der Waals surface area contributed by atoms with E-state index < -0.39 is 0 Å². The summed E-state index contributed by atoms with van der Waals surface area (Å²) in [5, 5.41) is 2.96. The largest absolute Gasteiger partial charge is 0.497 e. The fraction of sp³-hybridized carbons (Fsp3) is 0.241. The molecule has 0 saturated carbocycles. The third-order valence-corrected chi connectivity index (χ3v) is 5.45. The Hall–Kier alpha value is -3.86. The monoisotopic (exact) mass is 456 g/mol. The van der Waals surface area contributed by atoms with Crippen molar-refractivity contribution in [1.82, 2.24) is 10.3 Å². The van der Waals surface area contributed by atoms with Gasteiger partial charge in [-0.25, -0.2) is 0 Å². The van der Waals surface area contributed by atoms with Crippen molar-refractivity contribution in [2.75, 3.05) is 20.8 Å². The van der Waals surface area contributed by atoms with Gasteiger partial charge in [0.1, 0.15) is 11.5 Å². The van der Waals surface area contributed by atoms with Gasteiger partial charge in [0.2, 0.25) is 5.91 Å². The molecule has 2 aromatic carbocycles. The molecule has 1 amide bonds. The zero-order valence-corrected chi connectivity index (χ0v) is 19.9. The predicted molar refractivity (Wildman–Crippen MR) is 137 cm³/mol. The van der Waals surface area contributed by atoms with E-state index >= 15 is 0 Å². The molecule has 34 heavy (non-hydrogen) atoms. The van der Waals surface area contributed by atoms with E-state index in [1.165, 1.54) is 0 Å². The molecule has 0 aliphatic heterocycles. The van der Waals surface area contributed by atoms with Gasteiger partial charge in [-0.2, -0.15) is 0 Å². The van der Waals surface area contributed by atoms with Crippen LogP contribution in [0.2, 0.25) is 0 Å². The summed E-state index contributed by atoms with van der Waals surface area (Å²) in [6.07, 6.45) is 11.2. The molecule has 0 fully saturated rings. The number of hydrogen-bond donors (Lipinski definition) is 1. The maximum absolute atomic E-state index is 12.2. The fourth-order valence-corrected chi connectivity index (χ4v) is 3.56. The van der Waals surface area contributed by atoms with Gasteiger partial charge in [-0.3, -0.25) is 9.78 Å². The van der Waals surface area contributed by atoms with Crippen LogP contribution in [0.5, 0.6) is 11.5 Å². The first-order valence-corrected chi connectivity index (χ1v) is 11.5. The normalized spacial score (nSPS) is 10.6. The highest BCUT2D eigenvalue weighted by Crippen LogP contribution is 2.27. The molecule has 0 spiro atoms. The summed E-state index contributed by atoms with van der Waals surface area (Å²) in [6.45, 7) is 0.666. The maximum Gasteiger partial charge on any atom is 0.243 e. The van der Waals surface area contributed by atoms with Crippen LogP contribution in [0.15, 0.2) is 91.2 Å². The summed E-state index contributed by atoms with van der Waals surface area (Å²) in [5.74, 6) is 1.50. The number of methoxy groups -OCH3 is 2. The molecule has 1 N–H and O–H groups in total. The summed E-state index contributed by atoms with van der Waals surface area (Å²) in [4.78, 5) is 16.6. The number of ether oxygens (including phenoxy) is 2. The molecular weight excluding hydrogens is 424 g/mol. The van der Waals surface area contributed by atoms with Gasteiger partial charge in [0.15, 0.2) is 0 Å². The molecule has 0 unspecified atom stereocenters. The van der Waals surface area contributed by atoms with Gasteiger partial charge < -0.3 is 14.8 Å². The quantitative estimate of drug-likeness (QED) is 0.218. The van der Waals surface area contributed by atoms with Gasteiger partial charge in [0.25, 0.3) is 0 Å². The van der Waals surface area contributed by atoms with Crippen LogP contribution < -0.4 is 14.8 Å². The minimum Gasteiger partial charge on any atom is -0.497 e. The van der Waals surface area contributed by atoms with Crippen LogP contribution in [-0.4, -0.2) is 31.7 Å². The Bertz CT molecular complexity index is 1020. The number of nitrogens with one attached hydrogen (secondary N) is 1. The smallest absolute Gasteiger partial charge is 0.243 e. The molecule has 1 aromatic heterocycles. The minimum atomic E-state index is -0.0928. The average molecular weight is 457 g/mol. The van der Waals surface area contributed by atoms with Gasteiger partial charge in [0.05, 0.1) is 14.2 Å². The minimum absolute atomic E-state index is 0.0928. The van der Waals surface area contributed by atoms with Crippen molar-refractivity contribution < 1.29 is 14.3 Å². The first-order valence-electron chi connectivity index (χ1n) is 11.5. The lowest BCUT2D eigenvalue weighted by atomic mass is 9.97. The number of aromatic nitrogens is 1. The van der Waals surface area contributed by atoms with E-state index in [1.54, 1.807) is 26.4 Å². The van der Waals surface area contributed by atoms with Crippen molar-refractivity contribution in [3.05, 3.63) is 108 Å². The second-order valence-electron chi connectivity index (χ2n) is 7.82. The molecule has 5 nitrogen and oxygen atoms in total. The Morgan fingerprint density at radius 1 is 0.853 bits per heavy atom. The van der Waals surface area contributed by atoms with Crippen molar-refractivity contribution in [1.29, 1.82) is 0 Å². The fourth-order valence-electron chi connectivity index (χ4n) is 3.56. The lowest BCUT2D eigenvalue weighted by Gasteiger charge is -2.10. The van der Waals surface area contributed by atoms with Gasteiger partial charge in [0, 0.05) is 24.5 Å². The Morgan fingerprint density at radius 3 is 2.06 bits per heavy atom. The molecular formula is C29H32N2O3. The molecule has 0 aliphatic carbocycles. The average Bonchev–Trinajstić information content (AvgIpc) is 2.89. The standard InChI is InChI=1S/C29H32N2O3/c1-33-26-17-13-23(14-18-26)28(24-15-19-27(34-2)20-16-24)11-8-12-29(32)31-22-6-3-4-9-25-10-5-7-21-30-25/h5,7-8,10-21H,3-4,6,9,22H2,1-2H3,(H,31,32)/b12-8+. The van der Waals surface area contributed by atoms with E-state index in [4.69, 9.17) is 9.47 Å². The van der Waals surface area contributed by atoms with Crippen molar-refractivity contribution in [2.24, 2.45) is 0 Å². The van der Waals surface area contributed by atoms with Crippen molar-refractivity contribution in [3.63, 3.8) is 0 Å². The highest BCUT2D eigenvalue weighted by molar-refractivity contribution is 5.89. The first-order chi connectivity index (χ1) is 16.7. The van der Waals surface area contributed by atoms with E-state index in [2.05, 4.69) is 10.3 Å². The molecule has 0 saturated heterocycles. The second kappa shape index (κ2) is 13.6. The molecule has 1 heterocycles. The summed E-state index contributed by atoms with van der Waals surface area (Å²) >= 11 is 0. The van der Waals surface area contributed by atoms with E-state index in [0.717, 1.165) is 59.6 Å². The van der Waals surface area contributed by atoms with E-state index in [-0.39, 0.29) is 5.91 Å². The lowest BCUT2D eigenvalue weighted by molar-refractivity contribution is -0.116. The maximum atomic E-state index is 12.2. The van der Waals surface area contributed by atoms with Crippen LogP contribution in [0.25, 0.3) is 5.57 Å². The SMILES string of the molecule is COc1ccc(C(=C/C=C/C(=O)NCCCCCc2ccccn2)c2ccc(OC)cc2)cc1. The number of hydrogen-bond acceptors (Lipinski definition) is 4. The zero-order valence-electron chi connectivity index (χ0n) is 19.9. The summed E-state index contributed by atoms with van der Waals surface area (Å²) in [5.41, 5.74) is 4.18. The highest BCUT2D eigenvalue weighted by Gasteiger charge is 2.06. The van der Waals surface area contributed by atoms with Crippen LogP contribution in [0.1, 0.15) is 36.1 Å². The number of carbonyl (C=O) groups excluding carboxylic acids is 1. The van der Waals surface area contributed by atoms with Gasteiger partial charge >= 0.3 is 0 Å². The predicted octanol–water partition coefficient (Wildman–Crippen LogP) is 5.62. The second-order valence-corrected chi connectivity index (χ2v) is 7.82. The Labute approximate surface area is 202 Å². The van der Waals surface area contributed by atoms with Crippen LogP contribution in [0, 0.1) is 0 Å². The third-order valence-electron chi connectivity index (χ3n) is 5.45. The number of amides is 1. The van der Waals surface area contributed by atoms with Crippen LogP contribution >= 0.6 is 0 Å². The summed E-state index contributed by atoms with van der Waals surface area (Å²) in [6, 6.07) is 21.7. The first kappa shape index (κ1) is 24.8. The van der Waals surface area contributed by atoms with E-state index in [1.807, 2.05) is 79.0 Å². The van der Waals surface area contributed by atoms with Gasteiger partial charge in [-0.15, -0.1) is 0 Å². The molecule has 3 aromatic rings. The Kier molecular flexibility index (Phi) is 9.93. The molecule has 0 radical (unpaired) electrons. The molecule has 0 atom stereocenters.